The third-order valence-corrected chi connectivity index (χ3v) is 3.30. The molecule has 0 saturated carbocycles. The van der Waals surface area contributed by atoms with Crippen molar-refractivity contribution in [2.75, 3.05) is 13.2 Å². The van der Waals surface area contributed by atoms with Crippen LogP contribution in [0.2, 0.25) is 5.02 Å². The molecule has 0 aliphatic rings. The van der Waals surface area contributed by atoms with E-state index in [1.165, 1.54) is 0 Å². The van der Waals surface area contributed by atoms with Crippen LogP contribution >= 0.6 is 11.6 Å². The van der Waals surface area contributed by atoms with Crippen molar-refractivity contribution in [3.05, 3.63) is 65.2 Å². The summed E-state index contributed by atoms with van der Waals surface area (Å²) >= 11 is 5.94. The number of amides is 2. The number of rotatable bonds is 6. The predicted molar refractivity (Wildman–Crippen MR) is 88.2 cm³/mol. The Bertz CT molecular complexity index is 662. The molecule has 0 bridgehead atoms. The molecule has 2 rings (SSSR count). The Kier molecular flexibility index (Phi) is 6.44. The lowest BCUT2D eigenvalue weighted by Crippen LogP contribution is -2.41. The number of hydrogen-bond acceptors (Lipinski definition) is 3. The first-order valence-electron chi connectivity index (χ1n) is 7.14. The number of para-hydroxylation sites is 1. The van der Waals surface area contributed by atoms with Gasteiger partial charge in [-0.1, -0.05) is 54.1 Å². The van der Waals surface area contributed by atoms with Crippen molar-refractivity contribution in [1.29, 1.82) is 0 Å². The van der Waals surface area contributed by atoms with E-state index >= 15 is 0 Å². The number of hydrogen-bond donors (Lipinski definition) is 2. The Labute approximate surface area is 139 Å². The number of halogens is 1. The van der Waals surface area contributed by atoms with Gasteiger partial charge in [-0.05, 0) is 17.7 Å². The fourth-order valence-corrected chi connectivity index (χ4v) is 2.02. The molecular weight excluding hydrogens is 316 g/mol. The maximum Gasteiger partial charge on any atom is 0.309 e. The van der Waals surface area contributed by atoms with Crippen molar-refractivity contribution in [3.63, 3.8) is 0 Å². The average molecular weight is 333 g/mol. The van der Waals surface area contributed by atoms with E-state index in [4.69, 9.17) is 16.3 Å². The molecule has 0 aliphatic carbocycles. The molecule has 2 aromatic rings. The molecule has 2 amide bonds. The molecule has 2 N–H and O–H groups in total. The lowest BCUT2D eigenvalue weighted by Gasteiger charge is -2.09. The van der Waals surface area contributed by atoms with Crippen molar-refractivity contribution in [3.8, 4) is 5.75 Å². The average Bonchev–Trinajstić information content (AvgIpc) is 2.58. The molecule has 0 radical (unpaired) electrons. The summed E-state index contributed by atoms with van der Waals surface area (Å²) in [7, 11) is 0. The van der Waals surface area contributed by atoms with Gasteiger partial charge in [-0.2, -0.15) is 0 Å². The zero-order valence-corrected chi connectivity index (χ0v) is 13.2. The highest BCUT2D eigenvalue weighted by Gasteiger charge is 2.12. The van der Waals surface area contributed by atoms with Crippen LogP contribution in [-0.4, -0.2) is 25.0 Å². The molecule has 5 nitrogen and oxygen atoms in total. The van der Waals surface area contributed by atoms with Gasteiger partial charge in [0.15, 0.2) is 0 Å². The van der Waals surface area contributed by atoms with Gasteiger partial charge in [-0.15, -0.1) is 0 Å². The molecular formula is C17H17ClN2O3. The van der Waals surface area contributed by atoms with Crippen LogP contribution in [0.5, 0.6) is 5.75 Å². The number of ether oxygens (including phenoxy) is 1. The van der Waals surface area contributed by atoms with E-state index in [0.717, 1.165) is 5.56 Å². The molecule has 0 aromatic heterocycles. The molecule has 23 heavy (non-hydrogen) atoms. The Morgan fingerprint density at radius 3 is 2.30 bits per heavy atom. The molecule has 0 saturated heterocycles. The van der Waals surface area contributed by atoms with Crippen LogP contribution in [0, 0.1) is 0 Å². The number of benzene rings is 2. The number of carbonyl (C=O) groups is 2. The highest BCUT2D eigenvalue weighted by atomic mass is 35.5. The second-order valence-corrected chi connectivity index (χ2v) is 5.11. The van der Waals surface area contributed by atoms with Crippen molar-refractivity contribution in [2.24, 2.45) is 0 Å². The third kappa shape index (κ3) is 5.64. The van der Waals surface area contributed by atoms with Crippen molar-refractivity contribution >= 4 is 23.4 Å². The van der Waals surface area contributed by atoms with Gasteiger partial charge in [0, 0.05) is 6.54 Å². The summed E-state index contributed by atoms with van der Waals surface area (Å²) in [6.45, 7) is 0.744. The second-order valence-electron chi connectivity index (χ2n) is 4.70. The zero-order valence-electron chi connectivity index (χ0n) is 12.4. The number of carbonyl (C=O) groups excluding carboxylic acids is 2. The molecule has 120 valence electrons. The SMILES string of the molecule is O=C(NCCOc1ccccc1Cl)C(=O)NCc1ccccc1. The van der Waals surface area contributed by atoms with Gasteiger partial charge in [0.1, 0.15) is 12.4 Å². The lowest BCUT2D eigenvalue weighted by molar-refractivity contribution is -0.139. The summed E-state index contributed by atoms with van der Waals surface area (Å²) in [5, 5.41) is 5.54. The quantitative estimate of drug-likeness (QED) is 0.629. The Hall–Kier alpha value is -2.53. The van der Waals surface area contributed by atoms with E-state index in [1.54, 1.807) is 24.3 Å². The van der Waals surface area contributed by atoms with Gasteiger partial charge >= 0.3 is 11.8 Å². The normalized spacial score (nSPS) is 9.96. The third-order valence-electron chi connectivity index (χ3n) is 2.98. The van der Waals surface area contributed by atoms with Crippen LogP contribution in [0.25, 0.3) is 0 Å². The fourth-order valence-electron chi connectivity index (χ4n) is 1.83. The molecule has 0 aliphatic heterocycles. The standard InChI is InChI=1S/C17H17ClN2O3/c18-14-8-4-5-9-15(14)23-11-10-19-16(21)17(22)20-12-13-6-2-1-3-7-13/h1-9H,10-12H2,(H,19,21)(H,20,22). The fraction of sp³-hybridized carbons (Fsp3) is 0.176. The summed E-state index contributed by atoms with van der Waals surface area (Å²) in [5.74, 6) is -0.827. The highest BCUT2D eigenvalue weighted by molar-refractivity contribution is 6.35. The first-order valence-corrected chi connectivity index (χ1v) is 7.52. The van der Waals surface area contributed by atoms with Crippen LogP contribution in [0.4, 0.5) is 0 Å². The van der Waals surface area contributed by atoms with Crippen molar-refractivity contribution in [1.82, 2.24) is 10.6 Å². The Morgan fingerprint density at radius 1 is 0.913 bits per heavy atom. The maximum atomic E-state index is 11.6. The summed E-state index contributed by atoms with van der Waals surface area (Å²) in [4.78, 5) is 23.3. The van der Waals surface area contributed by atoms with Gasteiger partial charge in [0.2, 0.25) is 0 Å². The van der Waals surface area contributed by atoms with Crippen molar-refractivity contribution in [2.45, 2.75) is 6.54 Å². The largest absolute Gasteiger partial charge is 0.490 e. The topological polar surface area (TPSA) is 67.4 Å². The minimum absolute atomic E-state index is 0.211. The van der Waals surface area contributed by atoms with Gasteiger partial charge in [-0.25, -0.2) is 0 Å². The van der Waals surface area contributed by atoms with Crippen LogP contribution in [-0.2, 0) is 16.1 Å². The van der Waals surface area contributed by atoms with Crippen LogP contribution in [0.15, 0.2) is 54.6 Å². The predicted octanol–water partition coefficient (Wildman–Crippen LogP) is 2.15. The van der Waals surface area contributed by atoms with Crippen LogP contribution < -0.4 is 15.4 Å². The van der Waals surface area contributed by atoms with Crippen LogP contribution in [0.1, 0.15) is 5.56 Å². The Morgan fingerprint density at radius 2 is 1.57 bits per heavy atom. The molecule has 0 heterocycles. The van der Waals surface area contributed by atoms with E-state index in [-0.39, 0.29) is 13.2 Å². The summed E-state index contributed by atoms with van der Waals surface area (Å²) in [6, 6.07) is 16.4. The summed E-state index contributed by atoms with van der Waals surface area (Å²) < 4.78 is 5.42. The molecule has 0 atom stereocenters. The summed E-state index contributed by atoms with van der Waals surface area (Å²) in [6.07, 6.45) is 0. The molecule has 2 aromatic carbocycles. The minimum atomic E-state index is -0.691. The first kappa shape index (κ1) is 16.8. The maximum absolute atomic E-state index is 11.6. The minimum Gasteiger partial charge on any atom is -0.490 e. The van der Waals surface area contributed by atoms with E-state index in [1.807, 2.05) is 30.3 Å². The monoisotopic (exact) mass is 332 g/mol. The number of nitrogens with one attached hydrogen (secondary N) is 2. The summed E-state index contributed by atoms with van der Waals surface area (Å²) in [5.41, 5.74) is 0.927. The lowest BCUT2D eigenvalue weighted by atomic mass is 10.2. The smallest absolute Gasteiger partial charge is 0.309 e. The van der Waals surface area contributed by atoms with E-state index < -0.39 is 11.8 Å². The highest BCUT2D eigenvalue weighted by Crippen LogP contribution is 2.22. The zero-order chi connectivity index (χ0) is 16.5. The first-order chi connectivity index (χ1) is 11.2. The van der Waals surface area contributed by atoms with Crippen LogP contribution in [0.3, 0.4) is 0 Å². The van der Waals surface area contributed by atoms with Gasteiger partial charge in [0.05, 0.1) is 11.6 Å². The van der Waals surface area contributed by atoms with Gasteiger partial charge in [0.25, 0.3) is 0 Å². The van der Waals surface area contributed by atoms with Gasteiger partial charge in [-0.3, -0.25) is 9.59 Å². The molecule has 0 fully saturated rings. The van der Waals surface area contributed by atoms with E-state index in [9.17, 15) is 9.59 Å². The molecule has 0 spiro atoms. The van der Waals surface area contributed by atoms with E-state index in [2.05, 4.69) is 10.6 Å². The molecule has 0 unspecified atom stereocenters. The molecule has 6 heteroatoms. The van der Waals surface area contributed by atoms with E-state index in [0.29, 0.717) is 17.3 Å². The Balaban J connectivity index is 1.66. The van der Waals surface area contributed by atoms with Gasteiger partial charge < -0.3 is 15.4 Å². The van der Waals surface area contributed by atoms with Crippen molar-refractivity contribution < 1.29 is 14.3 Å². The second kappa shape index (κ2) is 8.80.